The summed E-state index contributed by atoms with van der Waals surface area (Å²) in [6.45, 7) is 0.568. The maximum absolute atomic E-state index is 12.2. The number of amides is 3. The largest absolute Gasteiger partial charge is 0.341 e. The molecular formula is C15H17N3O2S. The van der Waals surface area contributed by atoms with Gasteiger partial charge in [0.25, 0.3) is 0 Å². The smallest absolute Gasteiger partial charge is 0.321 e. The maximum Gasteiger partial charge on any atom is 0.321 e. The molecular weight excluding hydrogens is 286 g/mol. The minimum Gasteiger partial charge on any atom is -0.341 e. The lowest BCUT2D eigenvalue weighted by Gasteiger charge is -2.18. The highest BCUT2D eigenvalue weighted by atomic mass is 32.1. The number of carbonyl (C=O) groups excluding carboxylic acids is 2. The Morgan fingerprint density at radius 1 is 1.14 bits per heavy atom. The molecule has 0 aliphatic rings. The third-order valence-corrected chi connectivity index (χ3v) is 3.80. The number of hydrogen-bond donors (Lipinski definition) is 3. The Balaban J connectivity index is 2.10. The van der Waals surface area contributed by atoms with E-state index in [1.807, 2.05) is 47.8 Å². The summed E-state index contributed by atoms with van der Waals surface area (Å²) in [5, 5.41) is 9.86. The average Bonchev–Trinajstić information content (AvgIpc) is 3.01. The summed E-state index contributed by atoms with van der Waals surface area (Å²) >= 11 is 1.62. The fraction of sp³-hybridized carbons (Fsp3) is 0.200. The van der Waals surface area contributed by atoms with Gasteiger partial charge in [-0.1, -0.05) is 36.4 Å². The van der Waals surface area contributed by atoms with Crippen molar-refractivity contribution in [1.29, 1.82) is 0 Å². The molecule has 1 aromatic heterocycles. The second-order valence-corrected chi connectivity index (χ2v) is 5.40. The van der Waals surface area contributed by atoms with E-state index in [9.17, 15) is 9.59 Å². The fourth-order valence-electron chi connectivity index (χ4n) is 1.87. The van der Waals surface area contributed by atoms with Crippen LogP contribution >= 0.6 is 11.3 Å². The minimum atomic E-state index is -0.578. The van der Waals surface area contributed by atoms with Gasteiger partial charge in [-0.2, -0.15) is 0 Å². The molecule has 0 aliphatic carbocycles. The van der Waals surface area contributed by atoms with Gasteiger partial charge in [0.05, 0.1) is 0 Å². The molecule has 21 heavy (non-hydrogen) atoms. The van der Waals surface area contributed by atoms with Crippen LogP contribution in [0.25, 0.3) is 0 Å². The van der Waals surface area contributed by atoms with Crippen molar-refractivity contribution in [3.63, 3.8) is 0 Å². The van der Waals surface area contributed by atoms with E-state index < -0.39 is 12.1 Å². The Bertz CT molecular complexity index is 584. The standard InChI is InChI=1S/C15H17N3O2S/c1-16-15(20)18-14(19)13(11-6-3-2-4-7-11)17-10-12-8-5-9-21-12/h2-9,13,17H,10H2,1H3,(H2,16,18,19,20)/t13-/m0/s1. The van der Waals surface area contributed by atoms with Crippen LogP contribution in [0.15, 0.2) is 47.8 Å². The molecule has 0 saturated carbocycles. The lowest BCUT2D eigenvalue weighted by Crippen LogP contribution is -2.43. The first-order valence-corrected chi connectivity index (χ1v) is 7.42. The third-order valence-electron chi connectivity index (χ3n) is 2.92. The van der Waals surface area contributed by atoms with Gasteiger partial charge in [-0.25, -0.2) is 4.79 Å². The first-order valence-electron chi connectivity index (χ1n) is 6.54. The summed E-state index contributed by atoms with van der Waals surface area (Å²) in [5.41, 5.74) is 0.815. The normalized spacial score (nSPS) is 11.7. The van der Waals surface area contributed by atoms with Gasteiger partial charge in [0.1, 0.15) is 6.04 Å². The number of benzene rings is 1. The fourth-order valence-corrected chi connectivity index (χ4v) is 2.53. The number of urea groups is 1. The van der Waals surface area contributed by atoms with Crippen molar-refractivity contribution in [3.8, 4) is 0 Å². The van der Waals surface area contributed by atoms with Gasteiger partial charge in [-0.05, 0) is 17.0 Å². The topological polar surface area (TPSA) is 70.2 Å². The Morgan fingerprint density at radius 2 is 1.90 bits per heavy atom. The van der Waals surface area contributed by atoms with E-state index in [4.69, 9.17) is 0 Å². The molecule has 0 fully saturated rings. The second-order valence-electron chi connectivity index (χ2n) is 4.37. The number of imide groups is 1. The molecule has 5 nitrogen and oxygen atoms in total. The number of hydrogen-bond acceptors (Lipinski definition) is 4. The van der Waals surface area contributed by atoms with Crippen molar-refractivity contribution in [3.05, 3.63) is 58.3 Å². The monoisotopic (exact) mass is 303 g/mol. The van der Waals surface area contributed by atoms with Crippen molar-refractivity contribution < 1.29 is 9.59 Å². The number of rotatable bonds is 5. The van der Waals surface area contributed by atoms with Gasteiger partial charge in [0.15, 0.2) is 0 Å². The van der Waals surface area contributed by atoms with Crippen LogP contribution in [0, 0.1) is 0 Å². The van der Waals surface area contributed by atoms with Gasteiger partial charge in [-0.3, -0.25) is 15.4 Å². The maximum atomic E-state index is 12.2. The highest BCUT2D eigenvalue weighted by Gasteiger charge is 2.21. The molecule has 2 rings (SSSR count). The highest BCUT2D eigenvalue weighted by molar-refractivity contribution is 7.09. The van der Waals surface area contributed by atoms with Crippen molar-refractivity contribution in [2.45, 2.75) is 12.6 Å². The summed E-state index contributed by atoms with van der Waals surface area (Å²) in [6, 6.07) is 12.2. The zero-order valence-electron chi connectivity index (χ0n) is 11.6. The van der Waals surface area contributed by atoms with Crippen LogP contribution in [0.1, 0.15) is 16.5 Å². The Hall–Kier alpha value is -2.18. The van der Waals surface area contributed by atoms with E-state index in [0.29, 0.717) is 6.54 Å². The lowest BCUT2D eigenvalue weighted by atomic mass is 10.1. The van der Waals surface area contributed by atoms with Crippen LogP contribution in [-0.2, 0) is 11.3 Å². The molecule has 0 bridgehead atoms. The van der Waals surface area contributed by atoms with Crippen LogP contribution < -0.4 is 16.0 Å². The lowest BCUT2D eigenvalue weighted by molar-refractivity contribution is -0.122. The molecule has 1 aromatic carbocycles. The van der Waals surface area contributed by atoms with E-state index in [2.05, 4.69) is 16.0 Å². The summed E-state index contributed by atoms with van der Waals surface area (Å²) in [6.07, 6.45) is 0. The Labute approximate surface area is 127 Å². The van der Waals surface area contributed by atoms with Crippen molar-refractivity contribution in [2.75, 3.05) is 7.05 Å². The quantitative estimate of drug-likeness (QED) is 0.791. The van der Waals surface area contributed by atoms with Crippen LogP contribution in [0.4, 0.5) is 4.79 Å². The molecule has 0 saturated heterocycles. The average molecular weight is 303 g/mol. The van der Waals surface area contributed by atoms with Gasteiger partial charge in [-0.15, -0.1) is 11.3 Å². The van der Waals surface area contributed by atoms with Crippen molar-refractivity contribution >= 4 is 23.3 Å². The third kappa shape index (κ3) is 4.40. The van der Waals surface area contributed by atoms with Gasteiger partial charge in [0.2, 0.25) is 5.91 Å². The molecule has 1 heterocycles. The van der Waals surface area contributed by atoms with Crippen molar-refractivity contribution in [1.82, 2.24) is 16.0 Å². The molecule has 110 valence electrons. The summed E-state index contributed by atoms with van der Waals surface area (Å²) in [7, 11) is 1.47. The minimum absolute atomic E-state index is 0.378. The van der Waals surface area contributed by atoms with Crippen LogP contribution in [-0.4, -0.2) is 19.0 Å². The van der Waals surface area contributed by atoms with Crippen LogP contribution in [0.5, 0.6) is 0 Å². The summed E-state index contributed by atoms with van der Waals surface area (Å²) in [5.74, 6) is -0.378. The Morgan fingerprint density at radius 3 is 2.52 bits per heavy atom. The molecule has 0 unspecified atom stereocenters. The first kappa shape index (κ1) is 15.2. The van der Waals surface area contributed by atoms with E-state index >= 15 is 0 Å². The SMILES string of the molecule is CNC(=O)NC(=O)[C@@H](NCc1cccs1)c1ccccc1. The molecule has 2 aromatic rings. The zero-order valence-corrected chi connectivity index (χ0v) is 12.4. The zero-order chi connectivity index (χ0) is 15.1. The van der Waals surface area contributed by atoms with E-state index in [-0.39, 0.29) is 5.91 Å². The number of nitrogens with one attached hydrogen (secondary N) is 3. The van der Waals surface area contributed by atoms with Gasteiger partial charge >= 0.3 is 6.03 Å². The molecule has 3 N–H and O–H groups in total. The van der Waals surface area contributed by atoms with E-state index in [1.54, 1.807) is 11.3 Å². The van der Waals surface area contributed by atoms with Crippen molar-refractivity contribution in [2.24, 2.45) is 0 Å². The van der Waals surface area contributed by atoms with E-state index in [1.165, 1.54) is 7.05 Å². The van der Waals surface area contributed by atoms with Gasteiger partial charge in [0, 0.05) is 18.5 Å². The number of carbonyl (C=O) groups is 2. The van der Waals surface area contributed by atoms with Crippen LogP contribution in [0.2, 0.25) is 0 Å². The highest BCUT2D eigenvalue weighted by Crippen LogP contribution is 2.15. The molecule has 1 atom stereocenters. The summed E-state index contributed by atoms with van der Waals surface area (Å²) < 4.78 is 0. The molecule has 0 aliphatic heterocycles. The molecule has 0 radical (unpaired) electrons. The predicted octanol–water partition coefficient (Wildman–Crippen LogP) is 2.03. The first-order chi connectivity index (χ1) is 10.2. The number of thiophene rings is 1. The van der Waals surface area contributed by atoms with E-state index in [0.717, 1.165) is 10.4 Å². The molecule has 6 heteroatoms. The summed E-state index contributed by atoms with van der Waals surface area (Å²) in [4.78, 5) is 24.7. The predicted molar refractivity (Wildman–Crippen MR) is 82.9 cm³/mol. The molecule has 0 spiro atoms. The van der Waals surface area contributed by atoms with Crippen LogP contribution in [0.3, 0.4) is 0 Å². The second kappa shape index (κ2) is 7.56. The van der Waals surface area contributed by atoms with Gasteiger partial charge < -0.3 is 5.32 Å². The molecule has 3 amide bonds. The Kier molecular flexibility index (Phi) is 5.48.